The Morgan fingerprint density at radius 3 is 3.07 bits per heavy atom. The summed E-state index contributed by atoms with van der Waals surface area (Å²) < 4.78 is 0. The number of thiazole rings is 1. The fourth-order valence-corrected chi connectivity index (χ4v) is 2.19. The van der Waals surface area contributed by atoms with Gasteiger partial charge in [0, 0.05) is 17.5 Å². The molecule has 0 atom stereocenters. The molecule has 0 bridgehead atoms. The van der Waals surface area contributed by atoms with Gasteiger partial charge in [-0.2, -0.15) is 0 Å². The molecule has 1 heterocycles. The predicted octanol–water partition coefficient (Wildman–Crippen LogP) is 2.14. The van der Waals surface area contributed by atoms with Gasteiger partial charge in [-0.25, -0.2) is 4.98 Å². The molecule has 1 aromatic heterocycles. The van der Waals surface area contributed by atoms with Crippen molar-refractivity contribution in [3.63, 3.8) is 0 Å². The minimum absolute atomic E-state index is 0.145. The van der Waals surface area contributed by atoms with E-state index in [4.69, 9.17) is 0 Å². The lowest BCUT2D eigenvalue weighted by atomic mass is 10.1. The van der Waals surface area contributed by atoms with E-state index in [1.165, 1.54) is 6.08 Å². The first-order chi connectivity index (χ1) is 7.11. The summed E-state index contributed by atoms with van der Waals surface area (Å²) in [6.45, 7) is 8.27. The number of aromatic nitrogens is 1. The second-order valence-electron chi connectivity index (χ2n) is 3.74. The Kier molecular flexibility index (Phi) is 4.49. The minimum atomic E-state index is -0.145. The van der Waals surface area contributed by atoms with Crippen LogP contribution >= 0.6 is 11.3 Å². The van der Waals surface area contributed by atoms with Crippen LogP contribution in [-0.4, -0.2) is 10.9 Å². The third kappa shape index (κ3) is 4.25. The molecule has 3 nitrogen and oxygen atoms in total. The van der Waals surface area contributed by atoms with Gasteiger partial charge in [0.25, 0.3) is 0 Å². The van der Waals surface area contributed by atoms with Crippen molar-refractivity contribution in [2.24, 2.45) is 5.92 Å². The van der Waals surface area contributed by atoms with Crippen molar-refractivity contribution in [2.75, 3.05) is 0 Å². The average Bonchev–Trinajstić information content (AvgIpc) is 2.61. The van der Waals surface area contributed by atoms with E-state index in [-0.39, 0.29) is 5.91 Å². The van der Waals surface area contributed by atoms with E-state index in [1.54, 1.807) is 11.3 Å². The summed E-state index contributed by atoms with van der Waals surface area (Å²) >= 11 is 1.65. The molecular formula is C11H16N2OS. The number of amides is 1. The summed E-state index contributed by atoms with van der Waals surface area (Å²) in [5.41, 5.74) is 0. The highest BCUT2D eigenvalue weighted by Crippen LogP contribution is 2.16. The Morgan fingerprint density at radius 1 is 1.73 bits per heavy atom. The minimum Gasteiger partial charge on any atom is -0.348 e. The van der Waals surface area contributed by atoms with Gasteiger partial charge in [0.2, 0.25) is 5.91 Å². The number of nitrogens with one attached hydrogen (secondary N) is 1. The molecule has 0 spiro atoms. The van der Waals surface area contributed by atoms with E-state index in [0.29, 0.717) is 12.5 Å². The molecule has 0 saturated heterocycles. The molecule has 1 rings (SSSR count). The topological polar surface area (TPSA) is 42.0 Å². The second-order valence-corrected chi connectivity index (χ2v) is 4.94. The van der Waals surface area contributed by atoms with Crippen LogP contribution in [-0.2, 0) is 17.8 Å². The molecule has 1 aromatic rings. The third-order valence-electron chi connectivity index (χ3n) is 1.81. The highest BCUT2D eigenvalue weighted by atomic mass is 32.1. The first kappa shape index (κ1) is 11.9. The molecule has 4 heteroatoms. The Balaban J connectivity index is 2.45. The van der Waals surface area contributed by atoms with Crippen molar-refractivity contribution in [3.8, 4) is 0 Å². The van der Waals surface area contributed by atoms with Gasteiger partial charge >= 0.3 is 0 Å². The molecule has 0 aliphatic rings. The molecule has 0 aromatic carbocycles. The smallest absolute Gasteiger partial charge is 0.243 e. The molecule has 0 aliphatic carbocycles. The average molecular weight is 224 g/mol. The maximum Gasteiger partial charge on any atom is 0.243 e. The second kappa shape index (κ2) is 5.66. The molecule has 0 fully saturated rings. The van der Waals surface area contributed by atoms with E-state index in [9.17, 15) is 4.79 Å². The Bertz CT molecular complexity index is 344. The summed E-state index contributed by atoms with van der Waals surface area (Å²) in [6, 6.07) is 0. The number of carbonyl (C=O) groups is 1. The van der Waals surface area contributed by atoms with Crippen LogP contribution in [0.15, 0.2) is 18.9 Å². The number of rotatable bonds is 5. The van der Waals surface area contributed by atoms with Crippen molar-refractivity contribution < 1.29 is 4.79 Å². The van der Waals surface area contributed by atoms with E-state index >= 15 is 0 Å². The number of hydrogen-bond donors (Lipinski definition) is 1. The third-order valence-corrected chi connectivity index (χ3v) is 2.83. The van der Waals surface area contributed by atoms with Gasteiger partial charge in [0.05, 0.1) is 11.6 Å². The number of carbonyl (C=O) groups excluding carboxylic acids is 1. The number of hydrogen-bond acceptors (Lipinski definition) is 3. The SMILES string of the molecule is C=CC(=O)NCc1cnc(CC(C)C)s1. The van der Waals surface area contributed by atoms with Crippen LogP contribution in [0.2, 0.25) is 0 Å². The van der Waals surface area contributed by atoms with Crippen LogP contribution in [0, 0.1) is 5.92 Å². The molecule has 0 radical (unpaired) electrons. The van der Waals surface area contributed by atoms with Crippen LogP contribution in [0.25, 0.3) is 0 Å². The first-order valence-electron chi connectivity index (χ1n) is 4.95. The lowest BCUT2D eigenvalue weighted by Crippen LogP contribution is -2.19. The van der Waals surface area contributed by atoms with Gasteiger partial charge < -0.3 is 5.32 Å². The molecule has 0 aliphatic heterocycles. The van der Waals surface area contributed by atoms with Crippen LogP contribution in [0.1, 0.15) is 23.7 Å². The van der Waals surface area contributed by atoms with Crippen molar-refractivity contribution in [1.29, 1.82) is 0 Å². The van der Waals surface area contributed by atoms with E-state index in [0.717, 1.165) is 16.3 Å². The van der Waals surface area contributed by atoms with Gasteiger partial charge in [0.1, 0.15) is 0 Å². The lowest BCUT2D eigenvalue weighted by Gasteiger charge is -1.99. The lowest BCUT2D eigenvalue weighted by molar-refractivity contribution is -0.116. The number of nitrogens with zero attached hydrogens (tertiary/aromatic N) is 1. The first-order valence-corrected chi connectivity index (χ1v) is 5.77. The molecule has 0 saturated carbocycles. The maximum absolute atomic E-state index is 10.9. The fourth-order valence-electron chi connectivity index (χ4n) is 1.12. The molecule has 82 valence electrons. The van der Waals surface area contributed by atoms with Crippen molar-refractivity contribution in [3.05, 3.63) is 28.7 Å². The molecule has 1 N–H and O–H groups in total. The molecule has 1 amide bonds. The van der Waals surface area contributed by atoms with Crippen molar-refractivity contribution in [1.82, 2.24) is 10.3 Å². The van der Waals surface area contributed by atoms with Crippen LogP contribution in [0.5, 0.6) is 0 Å². The van der Waals surface area contributed by atoms with Crippen LogP contribution < -0.4 is 5.32 Å². The quantitative estimate of drug-likeness (QED) is 0.779. The van der Waals surface area contributed by atoms with Crippen molar-refractivity contribution >= 4 is 17.2 Å². The van der Waals surface area contributed by atoms with Crippen molar-refractivity contribution in [2.45, 2.75) is 26.8 Å². The summed E-state index contributed by atoms with van der Waals surface area (Å²) in [6.07, 6.45) is 4.10. The van der Waals surface area contributed by atoms with Gasteiger partial charge in [-0.3, -0.25) is 4.79 Å². The fraction of sp³-hybridized carbons (Fsp3) is 0.455. The van der Waals surface area contributed by atoms with E-state index in [1.807, 2.05) is 6.20 Å². The maximum atomic E-state index is 10.9. The van der Waals surface area contributed by atoms with Gasteiger partial charge in [-0.05, 0) is 12.0 Å². The zero-order chi connectivity index (χ0) is 11.3. The zero-order valence-corrected chi connectivity index (χ0v) is 9.93. The predicted molar refractivity (Wildman–Crippen MR) is 62.7 cm³/mol. The summed E-state index contributed by atoms with van der Waals surface area (Å²) in [5.74, 6) is 0.473. The summed E-state index contributed by atoms with van der Waals surface area (Å²) in [5, 5.41) is 3.86. The molecular weight excluding hydrogens is 208 g/mol. The normalized spacial score (nSPS) is 10.3. The van der Waals surface area contributed by atoms with Gasteiger partial charge in [-0.15, -0.1) is 11.3 Å². The summed E-state index contributed by atoms with van der Waals surface area (Å²) in [4.78, 5) is 16.3. The van der Waals surface area contributed by atoms with Crippen LogP contribution in [0.3, 0.4) is 0 Å². The van der Waals surface area contributed by atoms with E-state index < -0.39 is 0 Å². The Hall–Kier alpha value is -1.16. The standard InChI is InChI=1S/C11H16N2OS/c1-4-10(14)12-6-9-7-13-11(15-9)5-8(2)3/h4,7-8H,1,5-6H2,2-3H3,(H,12,14). The monoisotopic (exact) mass is 224 g/mol. The molecule has 15 heavy (non-hydrogen) atoms. The Labute approximate surface area is 94.2 Å². The largest absolute Gasteiger partial charge is 0.348 e. The highest BCUT2D eigenvalue weighted by Gasteiger charge is 2.04. The molecule has 0 unspecified atom stereocenters. The summed E-state index contributed by atoms with van der Waals surface area (Å²) in [7, 11) is 0. The van der Waals surface area contributed by atoms with E-state index in [2.05, 4.69) is 30.7 Å². The van der Waals surface area contributed by atoms with Crippen LogP contribution in [0.4, 0.5) is 0 Å². The highest BCUT2D eigenvalue weighted by molar-refractivity contribution is 7.11. The van der Waals surface area contributed by atoms with Gasteiger partial charge in [0.15, 0.2) is 0 Å². The van der Waals surface area contributed by atoms with Gasteiger partial charge in [-0.1, -0.05) is 20.4 Å². The zero-order valence-electron chi connectivity index (χ0n) is 9.12. The Morgan fingerprint density at radius 2 is 2.47 bits per heavy atom.